The largest absolute Gasteiger partial charge is 0.494 e. The summed E-state index contributed by atoms with van der Waals surface area (Å²) in [5, 5.41) is 3.37. The number of hydrogen-bond acceptors (Lipinski definition) is 2. The van der Waals surface area contributed by atoms with E-state index in [1.807, 2.05) is 30.3 Å². The smallest absolute Gasteiger partial charge is 0.119 e. The van der Waals surface area contributed by atoms with Gasteiger partial charge in [-0.05, 0) is 44.5 Å². The van der Waals surface area contributed by atoms with Crippen molar-refractivity contribution in [1.82, 2.24) is 5.32 Å². The fourth-order valence-corrected chi connectivity index (χ4v) is 1.56. The third-order valence-electron chi connectivity index (χ3n) is 2.25. The lowest BCUT2D eigenvalue weighted by atomic mass is 10.3. The van der Waals surface area contributed by atoms with Crippen LogP contribution in [0.5, 0.6) is 5.75 Å². The molecule has 0 aliphatic heterocycles. The van der Waals surface area contributed by atoms with Crippen LogP contribution in [0.1, 0.15) is 19.3 Å². The number of benzene rings is 1. The Morgan fingerprint density at radius 1 is 1.00 bits per heavy atom. The average Bonchev–Trinajstić information content (AvgIpc) is 2.34. The molecule has 0 heterocycles. The predicted molar refractivity (Wildman–Crippen MR) is 69.4 cm³/mol. The van der Waals surface area contributed by atoms with Gasteiger partial charge in [-0.1, -0.05) is 18.2 Å². The van der Waals surface area contributed by atoms with Crippen LogP contribution in [-0.4, -0.2) is 25.6 Å². The van der Waals surface area contributed by atoms with E-state index in [-0.39, 0.29) is 0 Å². The summed E-state index contributed by atoms with van der Waals surface area (Å²) in [7, 11) is 0. The molecule has 16 heavy (non-hydrogen) atoms. The van der Waals surface area contributed by atoms with Crippen LogP contribution in [0.25, 0.3) is 0 Å². The van der Waals surface area contributed by atoms with Crippen molar-refractivity contribution < 1.29 is 4.74 Å². The fourth-order valence-electron chi connectivity index (χ4n) is 1.37. The molecule has 1 aromatic carbocycles. The molecule has 1 N–H and O–H groups in total. The van der Waals surface area contributed by atoms with Gasteiger partial charge < -0.3 is 10.1 Å². The van der Waals surface area contributed by atoms with E-state index >= 15 is 0 Å². The molecule has 0 spiro atoms. The Morgan fingerprint density at radius 3 is 2.50 bits per heavy atom. The summed E-state index contributed by atoms with van der Waals surface area (Å²) in [5.41, 5.74) is 0. The van der Waals surface area contributed by atoms with Crippen LogP contribution in [0.15, 0.2) is 30.3 Å². The third-order valence-corrected chi connectivity index (χ3v) is 2.51. The molecule has 2 nitrogen and oxygen atoms in total. The van der Waals surface area contributed by atoms with Gasteiger partial charge in [0.1, 0.15) is 5.75 Å². The molecular weight excluding hydrogens is 222 g/mol. The van der Waals surface area contributed by atoms with Crippen molar-refractivity contribution in [3.63, 3.8) is 0 Å². The van der Waals surface area contributed by atoms with Crippen molar-refractivity contribution in [2.24, 2.45) is 0 Å². The molecule has 0 atom stereocenters. The molecule has 0 aliphatic carbocycles. The summed E-state index contributed by atoms with van der Waals surface area (Å²) in [4.78, 5) is 0. The van der Waals surface area contributed by atoms with Crippen LogP contribution in [0.3, 0.4) is 0 Å². The number of hydrogen-bond donors (Lipinski definition) is 1. The first-order valence-electron chi connectivity index (χ1n) is 5.88. The molecule has 0 saturated heterocycles. The summed E-state index contributed by atoms with van der Waals surface area (Å²) in [6.07, 6.45) is 3.29. The topological polar surface area (TPSA) is 21.3 Å². The van der Waals surface area contributed by atoms with Gasteiger partial charge in [0, 0.05) is 5.88 Å². The first-order chi connectivity index (χ1) is 7.93. The first kappa shape index (κ1) is 13.3. The van der Waals surface area contributed by atoms with E-state index in [1.165, 1.54) is 0 Å². The van der Waals surface area contributed by atoms with E-state index < -0.39 is 0 Å². The highest BCUT2D eigenvalue weighted by molar-refractivity contribution is 6.17. The highest BCUT2D eigenvalue weighted by Crippen LogP contribution is 2.07. The van der Waals surface area contributed by atoms with Crippen LogP contribution in [0.2, 0.25) is 0 Å². The molecule has 0 unspecified atom stereocenters. The lowest BCUT2D eigenvalue weighted by Gasteiger charge is -2.06. The second-order valence-corrected chi connectivity index (χ2v) is 4.04. The highest BCUT2D eigenvalue weighted by atomic mass is 35.5. The number of unbranched alkanes of at least 4 members (excludes halogenated alkanes) is 1. The Kier molecular flexibility index (Phi) is 7.91. The Labute approximate surface area is 103 Å². The molecule has 0 saturated carbocycles. The van der Waals surface area contributed by atoms with Crippen molar-refractivity contribution in [2.75, 3.05) is 25.6 Å². The molecule has 0 fully saturated rings. The van der Waals surface area contributed by atoms with Crippen LogP contribution >= 0.6 is 11.6 Å². The van der Waals surface area contributed by atoms with E-state index in [4.69, 9.17) is 16.3 Å². The van der Waals surface area contributed by atoms with Crippen LogP contribution in [-0.2, 0) is 0 Å². The lowest BCUT2D eigenvalue weighted by Crippen LogP contribution is -2.18. The van der Waals surface area contributed by atoms with Crippen molar-refractivity contribution in [1.29, 1.82) is 0 Å². The Bertz CT molecular complexity index is 253. The maximum absolute atomic E-state index is 5.58. The van der Waals surface area contributed by atoms with Crippen molar-refractivity contribution in [3.8, 4) is 5.75 Å². The van der Waals surface area contributed by atoms with Crippen LogP contribution in [0.4, 0.5) is 0 Å². The zero-order chi connectivity index (χ0) is 11.5. The van der Waals surface area contributed by atoms with E-state index in [0.29, 0.717) is 0 Å². The van der Waals surface area contributed by atoms with Crippen LogP contribution in [0, 0.1) is 0 Å². The Hall–Kier alpha value is -0.730. The van der Waals surface area contributed by atoms with Gasteiger partial charge in [-0.25, -0.2) is 0 Å². The van der Waals surface area contributed by atoms with E-state index in [1.54, 1.807) is 0 Å². The number of alkyl halides is 1. The minimum absolute atomic E-state index is 0.763. The van der Waals surface area contributed by atoms with E-state index in [9.17, 15) is 0 Å². The molecule has 3 heteroatoms. The highest BCUT2D eigenvalue weighted by Gasteiger charge is 1.92. The quantitative estimate of drug-likeness (QED) is 0.530. The maximum Gasteiger partial charge on any atom is 0.119 e. The summed E-state index contributed by atoms with van der Waals surface area (Å²) in [5.74, 6) is 1.71. The standard InChI is InChI=1S/C13H20ClNO/c14-9-4-5-10-15-11-6-12-16-13-7-2-1-3-8-13/h1-3,7-8,15H,4-6,9-12H2. The molecule has 0 radical (unpaired) electrons. The fraction of sp³-hybridized carbons (Fsp3) is 0.538. The molecule has 0 amide bonds. The second kappa shape index (κ2) is 9.49. The zero-order valence-electron chi connectivity index (χ0n) is 9.62. The van der Waals surface area contributed by atoms with Gasteiger partial charge in [-0.3, -0.25) is 0 Å². The van der Waals surface area contributed by atoms with Gasteiger partial charge >= 0.3 is 0 Å². The van der Waals surface area contributed by atoms with Gasteiger partial charge in [0.2, 0.25) is 0 Å². The normalized spacial score (nSPS) is 10.3. The molecular formula is C13H20ClNO. The SMILES string of the molecule is ClCCCCNCCCOc1ccccc1. The van der Waals surface area contributed by atoms with Crippen LogP contribution < -0.4 is 10.1 Å². The minimum atomic E-state index is 0.763. The average molecular weight is 242 g/mol. The molecule has 0 aliphatic rings. The van der Waals surface area contributed by atoms with E-state index in [0.717, 1.165) is 50.6 Å². The molecule has 0 bridgehead atoms. The molecule has 90 valence electrons. The van der Waals surface area contributed by atoms with Crippen molar-refractivity contribution in [3.05, 3.63) is 30.3 Å². The van der Waals surface area contributed by atoms with E-state index in [2.05, 4.69) is 5.32 Å². The second-order valence-electron chi connectivity index (χ2n) is 3.66. The Morgan fingerprint density at radius 2 is 1.75 bits per heavy atom. The minimum Gasteiger partial charge on any atom is -0.494 e. The number of para-hydroxylation sites is 1. The molecule has 0 aromatic heterocycles. The summed E-state index contributed by atoms with van der Waals surface area (Å²) >= 11 is 5.58. The summed E-state index contributed by atoms with van der Waals surface area (Å²) in [6.45, 7) is 2.83. The first-order valence-corrected chi connectivity index (χ1v) is 6.41. The monoisotopic (exact) mass is 241 g/mol. The number of halogens is 1. The van der Waals surface area contributed by atoms with Gasteiger partial charge in [0.05, 0.1) is 6.61 Å². The zero-order valence-corrected chi connectivity index (χ0v) is 10.4. The molecule has 1 rings (SSSR count). The summed E-state index contributed by atoms with van der Waals surface area (Å²) in [6, 6.07) is 9.92. The number of rotatable bonds is 9. The maximum atomic E-state index is 5.58. The van der Waals surface area contributed by atoms with Gasteiger partial charge in [-0.15, -0.1) is 11.6 Å². The summed E-state index contributed by atoms with van der Waals surface area (Å²) < 4.78 is 5.57. The lowest BCUT2D eigenvalue weighted by molar-refractivity contribution is 0.308. The van der Waals surface area contributed by atoms with Gasteiger partial charge in [-0.2, -0.15) is 0 Å². The molecule has 1 aromatic rings. The Balaban J connectivity index is 1.89. The third kappa shape index (κ3) is 6.70. The van der Waals surface area contributed by atoms with Crippen molar-refractivity contribution >= 4 is 11.6 Å². The number of ether oxygens (including phenoxy) is 1. The van der Waals surface area contributed by atoms with Gasteiger partial charge in [0.15, 0.2) is 0 Å². The predicted octanol–water partition coefficient (Wildman–Crippen LogP) is 3.06. The van der Waals surface area contributed by atoms with Gasteiger partial charge in [0.25, 0.3) is 0 Å². The number of nitrogens with one attached hydrogen (secondary N) is 1. The van der Waals surface area contributed by atoms with Crippen molar-refractivity contribution in [2.45, 2.75) is 19.3 Å².